The summed E-state index contributed by atoms with van der Waals surface area (Å²) in [4.78, 5) is 13.3. The fourth-order valence-electron chi connectivity index (χ4n) is 2.85. The molecule has 0 fully saturated rings. The highest BCUT2D eigenvalue weighted by molar-refractivity contribution is 7.92. The van der Waals surface area contributed by atoms with Gasteiger partial charge < -0.3 is 10.1 Å². The van der Waals surface area contributed by atoms with Crippen molar-refractivity contribution in [3.05, 3.63) is 76.0 Å². The number of nitrogens with zero attached hydrogens (tertiary/aromatic N) is 1. The maximum atomic E-state index is 13.0. The first-order valence-electron chi connectivity index (χ1n) is 9.46. The number of hydrogen-bond donors (Lipinski definition) is 1. The normalized spacial score (nSPS) is 11.2. The van der Waals surface area contributed by atoms with Gasteiger partial charge >= 0.3 is 0 Å². The smallest absolute Gasteiger partial charge is 0.264 e. The third kappa shape index (κ3) is 4.83. The third-order valence-electron chi connectivity index (χ3n) is 4.56. The van der Waals surface area contributed by atoms with E-state index in [1.54, 1.807) is 35.7 Å². The molecule has 30 heavy (non-hydrogen) atoms. The lowest BCUT2D eigenvalue weighted by Crippen LogP contribution is -2.29. The number of ether oxygens (including phenoxy) is 1. The Morgan fingerprint density at radius 3 is 2.37 bits per heavy atom. The van der Waals surface area contributed by atoms with E-state index in [4.69, 9.17) is 4.74 Å². The zero-order valence-electron chi connectivity index (χ0n) is 17.1. The molecule has 6 nitrogen and oxygen atoms in total. The standard InChI is InChI=1S/C22H24N2O4S2/c1-4-28-18-9-7-17(8-10-18)15-23-22(25)21-20(13-14-29-21)24(3)30(26,27)19-11-5-16(2)6-12-19/h5-14H,4,15H2,1-3H3,(H,23,25). The summed E-state index contributed by atoms with van der Waals surface area (Å²) in [5.41, 5.74) is 2.25. The lowest BCUT2D eigenvalue weighted by atomic mass is 10.2. The van der Waals surface area contributed by atoms with Crippen molar-refractivity contribution in [3.63, 3.8) is 0 Å². The second-order valence-corrected chi connectivity index (χ2v) is 9.57. The Labute approximate surface area is 181 Å². The van der Waals surface area contributed by atoms with Crippen LogP contribution in [0.3, 0.4) is 0 Å². The zero-order chi connectivity index (χ0) is 21.7. The molecule has 158 valence electrons. The Morgan fingerprint density at radius 1 is 1.07 bits per heavy atom. The molecule has 3 rings (SSSR count). The van der Waals surface area contributed by atoms with Gasteiger partial charge in [-0.25, -0.2) is 8.42 Å². The van der Waals surface area contributed by atoms with Gasteiger partial charge in [0, 0.05) is 13.6 Å². The van der Waals surface area contributed by atoms with Crippen LogP contribution < -0.4 is 14.4 Å². The van der Waals surface area contributed by atoms with Gasteiger partial charge in [0.1, 0.15) is 10.6 Å². The van der Waals surface area contributed by atoms with E-state index in [-0.39, 0.29) is 10.8 Å². The fraction of sp³-hybridized carbons (Fsp3) is 0.227. The number of aryl methyl sites for hydroxylation is 1. The summed E-state index contributed by atoms with van der Waals surface area (Å²) in [6.45, 7) is 4.74. The minimum Gasteiger partial charge on any atom is -0.494 e. The Hall–Kier alpha value is -2.84. The van der Waals surface area contributed by atoms with Gasteiger partial charge in [0.15, 0.2) is 0 Å². The average Bonchev–Trinajstić information content (AvgIpc) is 3.23. The molecule has 0 aliphatic carbocycles. The predicted octanol–water partition coefficient (Wildman–Crippen LogP) is 4.21. The summed E-state index contributed by atoms with van der Waals surface area (Å²) in [5.74, 6) is 0.455. The van der Waals surface area contributed by atoms with Gasteiger partial charge in [-0.05, 0) is 55.1 Å². The largest absolute Gasteiger partial charge is 0.494 e. The van der Waals surface area contributed by atoms with Crippen LogP contribution in [0.1, 0.15) is 27.7 Å². The fourth-order valence-corrected chi connectivity index (χ4v) is 4.95. The SMILES string of the molecule is CCOc1ccc(CNC(=O)c2sccc2N(C)S(=O)(=O)c2ccc(C)cc2)cc1. The van der Waals surface area contributed by atoms with Crippen molar-refractivity contribution in [2.24, 2.45) is 0 Å². The van der Waals surface area contributed by atoms with E-state index >= 15 is 0 Å². The van der Waals surface area contributed by atoms with Gasteiger partial charge in [-0.15, -0.1) is 11.3 Å². The molecule has 0 saturated heterocycles. The molecule has 0 atom stereocenters. The summed E-state index contributed by atoms with van der Waals surface area (Å²) in [7, 11) is -2.31. The summed E-state index contributed by atoms with van der Waals surface area (Å²) < 4.78 is 32.5. The molecule has 0 aliphatic heterocycles. The maximum Gasteiger partial charge on any atom is 0.264 e. The highest BCUT2D eigenvalue weighted by Crippen LogP contribution is 2.30. The molecule has 0 bridgehead atoms. The maximum absolute atomic E-state index is 13.0. The molecule has 0 aliphatic rings. The number of carbonyl (C=O) groups excluding carboxylic acids is 1. The Morgan fingerprint density at radius 2 is 1.73 bits per heavy atom. The van der Waals surface area contributed by atoms with Crippen molar-refractivity contribution >= 4 is 33.0 Å². The number of amides is 1. The third-order valence-corrected chi connectivity index (χ3v) is 7.24. The number of rotatable bonds is 8. The molecule has 0 radical (unpaired) electrons. The van der Waals surface area contributed by atoms with E-state index < -0.39 is 10.0 Å². The molecule has 8 heteroatoms. The highest BCUT2D eigenvalue weighted by atomic mass is 32.2. The number of benzene rings is 2. The van der Waals surface area contributed by atoms with Crippen molar-refractivity contribution in [3.8, 4) is 5.75 Å². The number of nitrogens with one attached hydrogen (secondary N) is 1. The van der Waals surface area contributed by atoms with Crippen molar-refractivity contribution in [1.29, 1.82) is 0 Å². The molecular weight excluding hydrogens is 420 g/mol. The number of sulfonamides is 1. The van der Waals surface area contributed by atoms with E-state index in [1.807, 2.05) is 38.1 Å². The molecule has 0 unspecified atom stereocenters. The average molecular weight is 445 g/mol. The quantitative estimate of drug-likeness (QED) is 0.565. The highest BCUT2D eigenvalue weighted by Gasteiger charge is 2.26. The van der Waals surface area contributed by atoms with Crippen LogP contribution in [0.4, 0.5) is 5.69 Å². The summed E-state index contributed by atoms with van der Waals surface area (Å²) in [5, 5.41) is 4.57. The zero-order valence-corrected chi connectivity index (χ0v) is 18.7. The lowest BCUT2D eigenvalue weighted by molar-refractivity contribution is 0.0955. The second-order valence-electron chi connectivity index (χ2n) is 6.68. The first kappa shape index (κ1) is 21.9. The Balaban J connectivity index is 1.73. The molecule has 3 aromatic rings. The summed E-state index contributed by atoms with van der Waals surface area (Å²) >= 11 is 1.21. The van der Waals surface area contributed by atoms with Crippen LogP contribution in [0.25, 0.3) is 0 Å². The van der Waals surface area contributed by atoms with Crippen LogP contribution in [0, 0.1) is 6.92 Å². The monoisotopic (exact) mass is 444 g/mol. The number of hydrogen-bond acceptors (Lipinski definition) is 5. The molecule has 1 amide bonds. The molecule has 1 aromatic heterocycles. The van der Waals surface area contributed by atoms with Crippen LogP contribution in [0.15, 0.2) is 64.9 Å². The van der Waals surface area contributed by atoms with Gasteiger partial charge in [0.2, 0.25) is 0 Å². The Bertz CT molecular complexity index is 1100. The van der Waals surface area contributed by atoms with E-state index in [2.05, 4.69) is 5.32 Å². The molecule has 1 N–H and O–H groups in total. The van der Waals surface area contributed by atoms with Gasteiger partial charge in [-0.1, -0.05) is 29.8 Å². The molecule has 0 saturated carbocycles. The predicted molar refractivity (Wildman–Crippen MR) is 120 cm³/mol. The molecular formula is C22H24N2O4S2. The lowest BCUT2D eigenvalue weighted by Gasteiger charge is -2.20. The minimum atomic E-state index is -3.77. The number of thiophene rings is 1. The molecule has 0 spiro atoms. The van der Waals surface area contributed by atoms with Crippen LogP contribution in [-0.4, -0.2) is 28.0 Å². The van der Waals surface area contributed by atoms with Crippen LogP contribution in [0.2, 0.25) is 0 Å². The van der Waals surface area contributed by atoms with E-state index in [0.29, 0.717) is 23.7 Å². The van der Waals surface area contributed by atoms with E-state index in [1.165, 1.54) is 18.4 Å². The van der Waals surface area contributed by atoms with Crippen LogP contribution >= 0.6 is 11.3 Å². The van der Waals surface area contributed by atoms with E-state index in [9.17, 15) is 13.2 Å². The van der Waals surface area contributed by atoms with Gasteiger partial charge in [-0.3, -0.25) is 9.10 Å². The van der Waals surface area contributed by atoms with Crippen molar-refractivity contribution in [2.75, 3.05) is 18.0 Å². The van der Waals surface area contributed by atoms with Gasteiger partial charge in [0.05, 0.1) is 17.2 Å². The van der Waals surface area contributed by atoms with Crippen molar-refractivity contribution in [1.82, 2.24) is 5.32 Å². The van der Waals surface area contributed by atoms with Crippen LogP contribution in [-0.2, 0) is 16.6 Å². The first-order chi connectivity index (χ1) is 14.3. The topological polar surface area (TPSA) is 75.7 Å². The molecule has 1 heterocycles. The second kappa shape index (κ2) is 9.32. The van der Waals surface area contributed by atoms with E-state index in [0.717, 1.165) is 21.2 Å². The number of anilines is 1. The minimum absolute atomic E-state index is 0.183. The van der Waals surface area contributed by atoms with Crippen molar-refractivity contribution < 1.29 is 17.9 Å². The van der Waals surface area contributed by atoms with Crippen molar-refractivity contribution in [2.45, 2.75) is 25.3 Å². The van der Waals surface area contributed by atoms with Gasteiger partial charge in [0.25, 0.3) is 15.9 Å². The first-order valence-corrected chi connectivity index (χ1v) is 11.8. The number of carbonyl (C=O) groups is 1. The van der Waals surface area contributed by atoms with Gasteiger partial charge in [-0.2, -0.15) is 0 Å². The van der Waals surface area contributed by atoms with Crippen LogP contribution in [0.5, 0.6) is 5.75 Å². The molecule has 2 aromatic carbocycles. The summed E-state index contributed by atoms with van der Waals surface area (Å²) in [6.07, 6.45) is 0. The summed E-state index contributed by atoms with van der Waals surface area (Å²) in [6, 6.07) is 15.7. The Kier molecular flexibility index (Phi) is 6.79.